The van der Waals surface area contributed by atoms with E-state index >= 15 is 0 Å². The maximum Gasteiger partial charge on any atom is 0.299 e. The fourth-order valence-electron chi connectivity index (χ4n) is 6.55. The number of amides is 2. The van der Waals surface area contributed by atoms with Gasteiger partial charge in [0.25, 0.3) is 5.91 Å². The zero-order chi connectivity index (χ0) is 42.2. The summed E-state index contributed by atoms with van der Waals surface area (Å²) in [6.45, 7) is 7.79. The molecule has 0 bridgehead atoms. The summed E-state index contributed by atoms with van der Waals surface area (Å²) in [4.78, 5) is 38.7. The average Bonchev–Trinajstić information content (AvgIpc) is 3.45. The van der Waals surface area contributed by atoms with Crippen molar-refractivity contribution in [3.05, 3.63) is 74.2 Å². The number of aryl methyl sites for hydroxylation is 1. The third kappa shape index (κ3) is 14.7. The van der Waals surface area contributed by atoms with Gasteiger partial charge < -0.3 is 10.2 Å². The van der Waals surface area contributed by atoms with Gasteiger partial charge in [0.15, 0.2) is 11.5 Å². The number of nitrogens with one attached hydrogen (secondary N) is 3. The zero-order valence-electron chi connectivity index (χ0n) is 33.8. The van der Waals surface area contributed by atoms with Crippen molar-refractivity contribution in [1.29, 1.82) is 0 Å². The molecule has 3 aromatic rings. The SMILES string of the molecule is CCCCCCCCCCCCCC(=O)Nc1ccc(Cl)c(N=C2NN(c3c(Cl)cc(Cl)cc3Cl)C(=O)C2=Nc2ccc(N(CC)CCCNS(C)(=O)=O)cc2C)c1. The molecule has 1 heterocycles. The van der Waals surface area contributed by atoms with Gasteiger partial charge in [0.2, 0.25) is 15.9 Å². The molecule has 0 unspecified atom stereocenters. The summed E-state index contributed by atoms with van der Waals surface area (Å²) < 4.78 is 25.5. The Morgan fingerprint density at radius 2 is 1.43 bits per heavy atom. The summed E-state index contributed by atoms with van der Waals surface area (Å²) in [6, 6.07) is 13.6. The fourth-order valence-corrected chi connectivity index (χ4v) is 8.21. The molecule has 0 aliphatic carbocycles. The second-order valence-corrected chi connectivity index (χ2v) is 18.0. The number of rotatable bonds is 23. The molecule has 4 rings (SSSR count). The number of sulfonamides is 1. The van der Waals surface area contributed by atoms with Crippen molar-refractivity contribution in [2.45, 2.75) is 104 Å². The molecule has 2 amide bonds. The lowest BCUT2D eigenvalue weighted by atomic mass is 10.1. The lowest BCUT2D eigenvalue weighted by Gasteiger charge is -2.24. The molecule has 1 saturated heterocycles. The van der Waals surface area contributed by atoms with Crippen LogP contribution < -0.4 is 25.4 Å². The van der Waals surface area contributed by atoms with Crippen LogP contribution in [0.1, 0.15) is 103 Å². The number of hydrogen-bond acceptors (Lipinski definition) is 7. The van der Waals surface area contributed by atoms with Gasteiger partial charge in [-0.05, 0) is 80.8 Å². The third-order valence-electron chi connectivity index (χ3n) is 9.65. The highest BCUT2D eigenvalue weighted by Gasteiger charge is 2.37. The van der Waals surface area contributed by atoms with Crippen molar-refractivity contribution < 1.29 is 18.0 Å². The molecule has 0 aromatic heterocycles. The third-order valence-corrected chi connectivity index (χ3v) is 11.5. The maximum atomic E-state index is 14.1. The molecule has 0 atom stereocenters. The molecule has 1 fully saturated rings. The summed E-state index contributed by atoms with van der Waals surface area (Å²) in [5.41, 5.74) is 6.18. The molecule has 11 nitrogen and oxygen atoms in total. The van der Waals surface area contributed by atoms with Crippen LogP contribution in [0, 0.1) is 6.92 Å². The number of carbonyl (C=O) groups is 2. The molecular weight excluding hydrogens is 840 g/mol. The largest absolute Gasteiger partial charge is 0.372 e. The van der Waals surface area contributed by atoms with Gasteiger partial charge in [0.1, 0.15) is 5.69 Å². The molecule has 16 heteroatoms. The van der Waals surface area contributed by atoms with E-state index in [1.807, 2.05) is 32.0 Å². The molecule has 1 aliphatic rings. The van der Waals surface area contributed by atoms with Gasteiger partial charge in [-0.2, -0.15) is 0 Å². The van der Waals surface area contributed by atoms with Crippen molar-refractivity contribution in [3.8, 4) is 0 Å². The van der Waals surface area contributed by atoms with Gasteiger partial charge in [-0.15, -0.1) is 0 Å². The van der Waals surface area contributed by atoms with Gasteiger partial charge in [-0.25, -0.2) is 28.1 Å². The standard InChI is InChI=1S/C42H55Cl4N7O4S/c1-5-7-8-9-10-11-12-13-14-15-16-18-38(54)48-31-19-21-33(44)37(28-31)50-41-39(42(55)53(51-41)40-34(45)26-30(43)27-35(40)46)49-36-22-20-32(25-29(36)3)52(6-2)24-17-23-47-58(4,56)57/h19-22,25-28,47H,5-18,23-24H2,1-4H3,(H,48,54)(H,50,51). The summed E-state index contributed by atoms with van der Waals surface area (Å²) in [7, 11) is -3.27. The van der Waals surface area contributed by atoms with E-state index in [-0.39, 0.29) is 38.2 Å². The van der Waals surface area contributed by atoms with Crippen LogP contribution in [0.2, 0.25) is 20.1 Å². The molecule has 0 spiro atoms. The number of amidine groups is 1. The van der Waals surface area contributed by atoms with Crippen LogP contribution >= 0.6 is 46.4 Å². The summed E-state index contributed by atoms with van der Waals surface area (Å²) in [5, 5.41) is 4.97. The monoisotopic (exact) mass is 893 g/mol. The van der Waals surface area contributed by atoms with Gasteiger partial charge in [0.05, 0.1) is 32.7 Å². The Hall–Kier alpha value is -3.39. The van der Waals surface area contributed by atoms with Crippen LogP contribution in [0.5, 0.6) is 0 Å². The number of hydrogen-bond donors (Lipinski definition) is 3. The quantitative estimate of drug-likeness (QED) is 0.0811. The topological polar surface area (TPSA) is 136 Å². The second kappa shape index (κ2) is 23.4. The number of nitrogens with zero attached hydrogens (tertiary/aromatic N) is 4. The van der Waals surface area contributed by atoms with Crippen molar-refractivity contribution in [3.63, 3.8) is 0 Å². The van der Waals surface area contributed by atoms with E-state index in [2.05, 4.69) is 27.3 Å². The van der Waals surface area contributed by atoms with Crippen LogP contribution in [0.25, 0.3) is 0 Å². The van der Waals surface area contributed by atoms with E-state index in [0.29, 0.717) is 54.6 Å². The minimum absolute atomic E-state index is 0.0286. The highest BCUT2D eigenvalue weighted by molar-refractivity contribution is 7.88. The number of hydrazine groups is 1. The lowest BCUT2D eigenvalue weighted by Crippen LogP contribution is -2.36. The van der Waals surface area contributed by atoms with Gasteiger partial charge in [-0.3, -0.25) is 15.0 Å². The molecule has 3 aromatic carbocycles. The number of unbranched alkanes of at least 4 members (excludes halogenated alkanes) is 10. The van der Waals surface area contributed by atoms with Crippen LogP contribution in [0.15, 0.2) is 58.5 Å². The number of aliphatic imine (C=N–C) groups is 2. The van der Waals surface area contributed by atoms with Crippen LogP contribution in [-0.2, 0) is 19.6 Å². The summed E-state index contributed by atoms with van der Waals surface area (Å²) >= 11 is 25.9. The van der Waals surface area contributed by atoms with Gasteiger partial charge >= 0.3 is 0 Å². The van der Waals surface area contributed by atoms with Crippen molar-refractivity contribution in [2.75, 3.05) is 41.1 Å². The van der Waals surface area contributed by atoms with E-state index in [0.717, 1.165) is 36.8 Å². The predicted octanol–water partition coefficient (Wildman–Crippen LogP) is 11.4. The Kier molecular flexibility index (Phi) is 19.1. The first-order valence-corrected chi connectivity index (χ1v) is 23.4. The number of anilines is 3. The first kappa shape index (κ1) is 47.3. The van der Waals surface area contributed by atoms with Crippen molar-refractivity contribution in [1.82, 2.24) is 10.1 Å². The molecular formula is C42H55Cl4N7O4S. The van der Waals surface area contributed by atoms with Gasteiger partial charge in [0, 0.05) is 42.5 Å². The summed E-state index contributed by atoms with van der Waals surface area (Å²) in [5.74, 6) is -0.595. The Balaban J connectivity index is 1.53. The zero-order valence-corrected chi connectivity index (χ0v) is 37.6. The first-order chi connectivity index (χ1) is 27.7. The minimum atomic E-state index is -3.27. The molecule has 0 saturated carbocycles. The van der Waals surface area contributed by atoms with E-state index < -0.39 is 15.9 Å². The smallest absolute Gasteiger partial charge is 0.299 e. The molecule has 58 heavy (non-hydrogen) atoms. The second-order valence-electron chi connectivity index (χ2n) is 14.5. The minimum Gasteiger partial charge on any atom is -0.372 e. The van der Waals surface area contributed by atoms with Crippen molar-refractivity contribution >= 4 is 108 Å². The molecule has 3 N–H and O–H groups in total. The van der Waals surface area contributed by atoms with Crippen LogP contribution in [0.3, 0.4) is 0 Å². The Morgan fingerprint density at radius 3 is 2.03 bits per heavy atom. The van der Waals surface area contributed by atoms with Crippen molar-refractivity contribution in [2.24, 2.45) is 9.98 Å². The van der Waals surface area contributed by atoms with E-state index in [4.69, 9.17) is 56.4 Å². The predicted molar refractivity (Wildman–Crippen MR) is 244 cm³/mol. The number of carbonyl (C=O) groups excluding carboxylic acids is 2. The molecule has 316 valence electrons. The fraction of sp³-hybridized carbons (Fsp3) is 0.476. The van der Waals surface area contributed by atoms with E-state index in [1.165, 1.54) is 68.5 Å². The molecule has 1 aliphatic heterocycles. The van der Waals surface area contributed by atoms with E-state index in [1.54, 1.807) is 18.2 Å². The normalized spacial score (nSPS) is 14.4. The molecule has 0 radical (unpaired) electrons. The Labute approximate surface area is 364 Å². The Bertz CT molecular complexity index is 2040. The summed E-state index contributed by atoms with van der Waals surface area (Å²) in [6.07, 6.45) is 15.4. The highest BCUT2D eigenvalue weighted by atomic mass is 35.5. The van der Waals surface area contributed by atoms with E-state index in [9.17, 15) is 18.0 Å². The lowest BCUT2D eigenvalue weighted by molar-refractivity contribution is -0.116. The van der Waals surface area contributed by atoms with Gasteiger partial charge in [-0.1, -0.05) is 118 Å². The number of halogens is 4. The maximum absolute atomic E-state index is 14.1. The first-order valence-electron chi connectivity index (χ1n) is 20.0. The average molecular weight is 896 g/mol. The number of benzene rings is 3. The van der Waals surface area contributed by atoms with Crippen LogP contribution in [-0.4, -0.2) is 57.7 Å². The Morgan fingerprint density at radius 1 is 0.793 bits per heavy atom. The highest BCUT2D eigenvalue weighted by Crippen LogP contribution is 2.38. The van der Waals surface area contributed by atoms with Crippen LogP contribution in [0.4, 0.5) is 28.4 Å².